The van der Waals surface area contributed by atoms with Crippen molar-refractivity contribution in [3.8, 4) is 0 Å². The Morgan fingerprint density at radius 1 is 0.646 bits per heavy atom. The maximum atomic E-state index is 12.9. The Kier molecular flexibility index (Phi) is 26.9. The molecule has 0 aromatic heterocycles. The normalized spacial score (nSPS) is 16.4. The quantitative estimate of drug-likeness (QED) is 0.0574. The molecule has 2 N–H and O–H groups in total. The maximum absolute atomic E-state index is 12.9. The van der Waals surface area contributed by atoms with Crippen molar-refractivity contribution in [3.05, 3.63) is 0 Å². The number of carbonyl (C=O) groups is 3. The Labute approximate surface area is 290 Å². The van der Waals surface area contributed by atoms with E-state index in [0.29, 0.717) is 51.1 Å². The van der Waals surface area contributed by atoms with Crippen LogP contribution in [-0.4, -0.2) is 123 Å². The lowest BCUT2D eigenvalue weighted by Crippen LogP contribution is -2.61. The fourth-order valence-corrected chi connectivity index (χ4v) is 6.83. The van der Waals surface area contributed by atoms with E-state index in [2.05, 4.69) is 13.8 Å². The van der Waals surface area contributed by atoms with Gasteiger partial charge in [-0.25, -0.2) is 9.59 Å². The molecule has 0 aromatic carbocycles. The summed E-state index contributed by atoms with van der Waals surface area (Å²) in [5.41, 5.74) is 0. The second kappa shape index (κ2) is 29.1. The summed E-state index contributed by atoms with van der Waals surface area (Å²) in [5.74, 6) is -1.62. The number of rotatable bonds is 34. The average molecular weight is 689 g/mol. The molecule has 11 nitrogen and oxygen atoms in total. The highest BCUT2D eigenvalue weighted by Crippen LogP contribution is 2.30. The molecule has 282 valence electrons. The van der Waals surface area contributed by atoms with Crippen molar-refractivity contribution in [1.29, 1.82) is 0 Å². The zero-order valence-corrected chi connectivity index (χ0v) is 30.6. The van der Waals surface area contributed by atoms with E-state index < -0.39 is 11.9 Å². The lowest BCUT2D eigenvalue weighted by Gasteiger charge is -2.48. The summed E-state index contributed by atoms with van der Waals surface area (Å²) < 4.78 is 29.1. The summed E-state index contributed by atoms with van der Waals surface area (Å²) in [7, 11) is 0. The summed E-state index contributed by atoms with van der Waals surface area (Å²) in [6.07, 6.45) is 19.1. The monoisotopic (exact) mass is 688 g/mol. The van der Waals surface area contributed by atoms with Gasteiger partial charge < -0.3 is 38.4 Å². The summed E-state index contributed by atoms with van der Waals surface area (Å²) in [6, 6.07) is 0.476. The fraction of sp³-hybridized carbons (Fsp3) is 0.919. The van der Waals surface area contributed by atoms with Gasteiger partial charge in [-0.1, -0.05) is 64.7 Å². The van der Waals surface area contributed by atoms with Crippen LogP contribution in [0.1, 0.15) is 130 Å². The lowest BCUT2D eigenvalue weighted by atomic mass is 9.91. The number of ketones is 1. The van der Waals surface area contributed by atoms with Crippen LogP contribution in [0.3, 0.4) is 0 Å². The van der Waals surface area contributed by atoms with Gasteiger partial charge in [-0.3, -0.25) is 4.79 Å². The second-order valence-corrected chi connectivity index (χ2v) is 13.7. The molecule has 0 heterocycles. The molecule has 1 fully saturated rings. The molecule has 11 heteroatoms. The molecule has 0 aromatic rings. The number of carbonyl (C=O) groups excluding carboxylic acids is 1. The van der Waals surface area contributed by atoms with Crippen LogP contribution < -0.4 is 0 Å². The first-order valence-electron chi connectivity index (χ1n) is 19.0. The Bertz CT molecular complexity index is 822. The maximum Gasteiger partial charge on any atom is 0.329 e. The van der Waals surface area contributed by atoms with Crippen molar-refractivity contribution in [2.45, 2.75) is 148 Å². The van der Waals surface area contributed by atoms with Gasteiger partial charge in [0.05, 0.1) is 58.3 Å². The number of carboxylic acid groups (broad SMARTS) is 2. The van der Waals surface area contributed by atoms with Gasteiger partial charge in [-0.15, -0.1) is 0 Å². The van der Waals surface area contributed by atoms with Gasteiger partial charge in [0.25, 0.3) is 0 Å². The minimum absolute atomic E-state index is 0.0638. The Morgan fingerprint density at radius 3 is 1.77 bits per heavy atom. The van der Waals surface area contributed by atoms with E-state index in [1.165, 1.54) is 64.2 Å². The van der Waals surface area contributed by atoms with E-state index in [-0.39, 0.29) is 38.6 Å². The van der Waals surface area contributed by atoms with Crippen molar-refractivity contribution < 1.29 is 52.8 Å². The number of Topliss-reactive ketones (excluding diaryl/α,β-unsaturated/α-hetero) is 1. The van der Waals surface area contributed by atoms with E-state index >= 15 is 0 Å². The molecule has 48 heavy (non-hydrogen) atoms. The largest absolute Gasteiger partial charge is 0.480 e. The lowest BCUT2D eigenvalue weighted by molar-refractivity contribution is -0.955. The molecule has 1 saturated carbocycles. The summed E-state index contributed by atoms with van der Waals surface area (Å²) >= 11 is 0. The molecule has 1 rings (SSSR count). The van der Waals surface area contributed by atoms with Crippen molar-refractivity contribution in [2.75, 3.05) is 72.5 Å². The van der Waals surface area contributed by atoms with Crippen molar-refractivity contribution in [2.24, 2.45) is 0 Å². The molecule has 1 aliphatic carbocycles. The topological polar surface area (TPSA) is 138 Å². The molecule has 3 atom stereocenters. The van der Waals surface area contributed by atoms with Gasteiger partial charge in [-0.05, 0) is 46.0 Å². The second-order valence-electron chi connectivity index (χ2n) is 13.7. The van der Waals surface area contributed by atoms with E-state index in [9.17, 15) is 14.4 Å². The van der Waals surface area contributed by atoms with E-state index in [0.717, 1.165) is 56.2 Å². The van der Waals surface area contributed by atoms with Crippen molar-refractivity contribution in [3.63, 3.8) is 0 Å². The molecule has 3 unspecified atom stereocenters. The van der Waals surface area contributed by atoms with Crippen LogP contribution in [0.15, 0.2) is 0 Å². The van der Waals surface area contributed by atoms with Crippen LogP contribution in [0.2, 0.25) is 0 Å². The summed E-state index contributed by atoms with van der Waals surface area (Å²) in [5, 5.41) is 17.5. The minimum atomic E-state index is -1.000. The number of ether oxygens (including phenoxy) is 5. The van der Waals surface area contributed by atoms with Crippen LogP contribution in [-0.2, 0) is 38.1 Å². The van der Waals surface area contributed by atoms with Crippen LogP contribution in [0.5, 0.6) is 0 Å². The zero-order valence-electron chi connectivity index (χ0n) is 30.6. The summed E-state index contributed by atoms with van der Waals surface area (Å²) in [6.45, 7) is 10.2. The molecule has 1 aliphatic rings. The van der Waals surface area contributed by atoms with Gasteiger partial charge in [0.15, 0.2) is 0 Å². The predicted octanol–water partition coefficient (Wildman–Crippen LogP) is 6.44. The number of hydrogen-bond donors (Lipinski definition) is 2. The Balaban J connectivity index is 2.70. The third-order valence-corrected chi connectivity index (χ3v) is 9.33. The van der Waals surface area contributed by atoms with Crippen LogP contribution in [0.25, 0.3) is 0 Å². The number of quaternary nitrogens is 1. The first-order valence-corrected chi connectivity index (χ1v) is 19.0. The van der Waals surface area contributed by atoms with E-state index in [1.807, 2.05) is 6.92 Å². The first-order chi connectivity index (χ1) is 23.2. The SMILES string of the molecule is CCCCCCCCCCCC(=O)CCC[N+](CCOCC(C)OCCOCC(=O)O)(CC(C)OCCOCC(=O)O)C1CCCCC1. The van der Waals surface area contributed by atoms with Gasteiger partial charge in [0, 0.05) is 19.3 Å². The molecule has 0 spiro atoms. The third kappa shape index (κ3) is 23.7. The highest BCUT2D eigenvalue weighted by molar-refractivity contribution is 5.78. The highest BCUT2D eigenvalue weighted by Gasteiger charge is 2.39. The molecule has 0 amide bonds. The zero-order chi connectivity index (χ0) is 35.3. The van der Waals surface area contributed by atoms with Crippen molar-refractivity contribution >= 4 is 17.7 Å². The smallest absolute Gasteiger partial charge is 0.329 e. The summed E-state index contributed by atoms with van der Waals surface area (Å²) in [4.78, 5) is 34.3. The molecule has 0 saturated heterocycles. The number of aliphatic carboxylic acids is 2. The van der Waals surface area contributed by atoms with Crippen LogP contribution in [0.4, 0.5) is 0 Å². The van der Waals surface area contributed by atoms with Crippen LogP contribution >= 0.6 is 0 Å². The van der Waals surface area contributed by atoms with E-state index in [4.69, 9.17) is 33.9 Å². The van der Waals surface area contributed by atoms with Crippen LogP contribution in [0, 0.1) is 0 Å². The van der Waals surface area contributed by atoms with E-state index in [1.54, 1.807) is 0 Å². The highest BCUT2D eigenvalue weighted by atomic mass is 16.6. The number of nitrogens with zero attached hydrogens (tertiary/aromatic N) is 1. The molecule has 0 aliphatic heterocycles. The fourth-order valence-electron chi connectivity index (χ4n) is 6.83. The minimum Gasteiger partial charge on any atom is -0.480 e. The van der Waals surface area contributed by atoms with Crippen molar-refractivity contribution in [1.82, 2.24) is 0 Å². The molecular formula is C37H70NO10+. The van der Waals surface area contributed by atoms with Gasteiger partial charge >= 0.3 is 11.9 Å². The Hall–Kier alpha value is -1.63. The molecule has 0 radical (unpaired) electrons. The standard InChI is InChI=1S/C37H69NO10/c1-4-5-6-7-8-9-10-11-15-19-35(39)20-16-21-38(34-17-13-12-14-18-34,28-32(2)47-26-24-45-30-36(40)41)22-23-44-29-33(3)48-27-25-46-31-37(42)43/h32-34H,4-31H2,1-3H3,(H-,40,41,42,43)/p+1. The van der Waals surface area contributed by atoms with Gasteiger partial charge in [-0.2, -0.15) is 0 Å². The average Bonchev–Trinajstić information content (AvgIpc) is 3.05. The predicted molar refractivity (Wildman–Crippen MR) is 186 cm³/mol. The number of hydrogen-bond acceptors (Lipinski definition) is 8. The van der Waals surface area contributed by atoms with Gasteiger partial charge in [0.2, 0.25) is 0 Å². The first kappa shape index (κ1) is 44.4. The molecule has 0 bridgehead atoms. The number of carboxylic acids is 2. The third-order valence-electron chi connectivity index (χ3n) is 9.33. The number of unbranched alkanes of at least 4 members (excludes halogenated alkanes) is 8. The van der Waals surface area contributed by atoms with Gasteiger partial charge in [0.1, 0.15) is 38.2 Å². The Morgan fingerprint density at radius 2 is 1.19 bits per heavy atom. The molecular weight excluding hydrogens is 618 g/mol.